The van der Waals surface area contributed by atoms with Gasteiger partial charge >= 0.3 is 11.8 Å². The molecular formula is C17H24N4O4. The van der Waals surface area contributed by atoms with Gasteiger partial charge in [0.1, 0.15) is 17.0 Å². The van der Waals surface area contributed by atoms with Crippen LogP contribution in [0.1, 0.15) is 33.6 Å². The van der Waals surface area contributed by atoms with E-state index in [4.69, 9.17) is 10.5 Å². The number of nitro benzene ring substituents is 1. The number of ether oxygens (including phenoxy) is 1. The van der Waals surface area contributed by atoms with Crippen LogP contribution in [0.2, 0.25) is 0 Å². The third-order valence-electron chi connectivity index (χ3n) is 4.66. The lowest BCUT2D eigenvalue weighted by Gasteiger charge is -2.43. The molecule has 1 saturated heterocycles. The highest BCUT2D eigenvalue weighted by Crippen LogP contribution is 2.47. The van der Waals surface area contributed by atoms with Crippen molar-refractivity contribution in [3.8, 4) is 0 Å². The first-order chi connectivity index (χ1) is 11.6. The molecular weight excluding hydrogens is 324 g/mol. The van der Waals surface area contributed by atoms with E-state index >= 15 is 0 Å². The highest BCUT2D eigenvalue weighted by molar-refractivity contribution is 5.76. The first kappa shape index (κ1) is 17.3. The molecule has 0 aromatic heterocycles. The van der Waals surface area contributed by atoms with Crippen molar-refractivity contribution in [1.82, 2.24) is 4.90 Å². The van der Waals surface area contributed by atoms with Crippen LogP contribution in [0.5, 0.6) is 0 Å². The number of hydrogen-bond donors (Lipinski definition) is 1. The van der Waals surface area contributed by atoms with E-state index in [1.54, 1.807) is 17.0 Å². The third-order valence-corrected chi connectivity index (χ3v) is 4.66. The number of nitrogen functional groups attached to an aromatic ring is 1. The lowest BCUT2D eigenvalue weighted by Crippen LogP contribution is -2.58. The van der Waals surface area contributed by atoms with Crippen molar-refractivity contribution < 1.29 is 14.5 Å². The van der Waals surface area contributed by atoms with Crippen molar-refractivity contribution in [2.75, 3.05) is 30.3 Å². The average molecular weight is 348 g/mol. The zero-order valence-corrected chi connectivity index (χ0v) is 14.8. The number of carbonyl (C=O) groups excluding carboxylic acids is 1. The summed E-state index contributed by atoms with van der Waals surface area (Å²) in [4.78, 5) is 27.2. The Morgan fingerprint density at radius 1 is 1.32 bits per heavy atom. The highest BCUT2D eigenvalue weighted by Gasteiger charge is 2.54. The van der Waals surface area contributed by atoms with Gasteiger partial charge in [0.05, 0.1) is 10.5 Å². The SMILES string of the molecule is CC(C)(C)OC(=O)N1CCN(c2cccc(N)c2[N+](=O)[O-])CC12CC2. The predicted molar refractivity (Wildman–Crippen MR) is 94.6 cm³/mol. The standard InChI is InChI=1S/C17H24N4O4/c1-16(2,3)25-15(22)20-10-9-19(11-17(20)7-8-17)13-6-4-5-12(18)14(13)21(23)24/h4-6H,7-11,18H2,1-3H3. The van der Waals surface area contributed by atoms with Crippen molar-refractivity contribution in [3.05, 3.63) is 28.3 Å². The summed E-state index contributed by atoms with van der Waals surface area (Å²) in [5, 5.41) is 11.4. The molecule has 2 N–H and O–H groups in total. The molecule has 1 aromatic rings. The van der Waals surface area contributed by atoms with Gasteiger partial charge in [0.25, 0.3) is 0 Å². The maximum Gasteiger partial charge on any atom is 0.410 e. The Morgan fingerprint density at radius 3 is 2.56 bits per heavy atom. The molecule has 0 radical (unpaired) electrons. The second kappa shape index (κ2) is 5.79. The van der Waals surface area contributed by atoms with E-state index in [0.29, 0.717) is 25.3 Å². The van der Waals surface area contributed by atoms with Crippen molar-refractivity contribution >= 4 is 23.2 Å². The predicted octanol–water partition coefficient (Wildman–Crippen LogP) is 2.77. The normalized spacial score (nSPS) is 19.0. The van der Waals surface area contributed by atoms with Gasteiger partial charge < -0.3 is 15.4 Å². The van der Waals surface area contributed by atoms with E-state index in [0.717, 1.165) is 12.8 Å². The fourth-order valence-corrected chi connectivity index (χ4v) is 3.36. The molecule has 1 aromatic carbocycles. The van der Waals surface area contributed by atoms with Crippen LogP contribution in [-0.4, -0.2) is 46.7 Å². The van der Waals surface area contributed by atoms with Crippen LogP contribution >= 0.6 is 0 Å². The Hall–Kier alpha value is -2.51. The van der Waals surface area contributed by atoms with E-state index < -0.39 is 10.5 Å². The van der Waals surface area contributed by atoms with E-state index in [2.05, 4.69) is 0 Å². The number of nitro groups is 1. The quantitative estimate of drug-likeness (QED) is 0.501. The lowest BCUT2D eigenvalue weighted by atomic mass is 10.1. The summed E-state index contributed by atoms with van der Waals surface area (Å²) in [5.74, 6) is 0. The molecule has 1 saturated carbocycles. The molecule has 2 aliphatic rings. The summed E-state index contributed by atoms with van der Waals surface area (Å²) in [7, 11) is 0. The second-order valence-electron chi connectivity index (χ2n) is 7.75. The topological polar surface area (TPSA) is 102 Å². The fourth-order valence-electron chi connectivity index (χ4n) is 3.36. The third kappa shape index (κ3) is 3.33. The molecule has 136 valence electrons. The van der Waals surface area contributed by atoms with Gasteiger partial charge in [-0.05, 0) is 45.7 Å². The zero-order chi connectivity index (χ0) is 18.4. The van der Waals surface area contributed by atoms with Crippen molar-refractivity contribution in [3.63, 3.8) is 0 Å². The number of para-hydroxylation sites is 1. The Morgan fingerprint density at radius 2 is 2.00 bits per heavy atom. The number of piperazine rings is 1. The average Bonchev–Trinajstić information content (AvgIpc) is 3.24. The maximum absolute atomic E-state index is 12.5. The van der Waals surface area contributed by atoms with Crippen molar-refractivity contribution in [1.29, 1.82) is 0 Å². The lowest BCUT2D eigenvalue weighted by molar-refractivity contribution is -0.383. The molecule has 8 nitrogen and oxygen atoms in total. The molecule has 0 bridgehead atoms. The first-order valence-corrected chi connectivity index (χ1v) is 8.41. The molecule has 0 unspecified atom stereocenters. The van der Waals surface area contributed by atoms with Gasteiger partial charge in [-0.25, -0.2) is 4.79 Å². The monoisotopic (exact) mass is 348 g/mol. The Bertz CT molecular complexity index is 709. The maximum atomic E-state index is 12.5. The minimum Gasteiger partial charge on any atom is -0.444 e. The van der Waals surface area contributed by atoms with Crippen LogP contribution in [0.15, 0.2) is 18.2 Å². The molecule has 8 heteroatoms. The van der Waals surface area contributed by atoms with E-state index in [-0.39, 0.29) is 23.0 Å². The Kier molecular flexibility index (Phi) is 4.01. The number of rotatable bonds is 2. The number of nitrogens with two attached hydrogens (primary N) is 1. The molecule has 0 atom stereocenters. The van der Waals surface area contributed by atoms with Crippen LogP contribution in [0.25, 0.3) is 0 Å². The summed E-state index contributed by atoms with van der Waals surface area (Å²) in [6.45, 7) is 7.06. The van der Waals surface area contributed by atoms with Gasteiger partial charge in [-0.3, -0.25) is 15.0 Å². The number of nitrogens with zero attached hydrogens (tertiary/aromatic N) is 3. The Labute approximate surface area is 146 Å². The molecule has 1 aliphatic heterocycles. The van der Waals surface area contributed by atoms with Crippen LogP contribution in [0, 0.1) is 10.1 Å². The van der Waals surface area contributed by atoms with Crippen molar-refractivity contribution in [2.24, 2.45) is 0 Å². The molecule has 1 heterocycles. The van der Waals surface area contributed by atoms with Gasteiger partial charge in [-0.1, -0.05) is 6.07 Å². The molecule has 25 heavy (non-hydrogen) atoms. The number of carbonyl (C=O) groups is 1. The number of benzene rings is 1. The number of hydrogen-bond acceptors (Lipinski definition) is 6. The minimum atomic E-state index is -0.545. The van der Waals surface area contributed by atoms with Gasteiger partial charge in [0, 0.05) is 19.6 Å². The molecule has 3 rings (SSSR count). The summed E-state index contributed by atoms with van der Waals surface area (Å²) in [5.41, 5.74) is 5.57. The van der Waals surface area contributed by atoms with Gasteiger partial charge in [0.2, 0.25) is 0 Å². The molecule has 1 spiro atoms. The van der Waals surface area contributed by atoms with E-state index in [1.165, 1.54) is 6.07 Å². The highest BCUT2D eigenvalue weighted by atomic mass is 16.6. The van der Waals surface area contributed by atoms with Crippen LogP contribution < -0.4 is 10.6 Å². The van der Waals surface area contributed by atoms with Crippen molar-refractivity contribution in [2.45, 2.75) is 44.8 Å². The van der Waals surface area contributed by atoms with Crippen LogP contribution in [0.3, 0.4) is 0 Å². The zero-order valence-electron chi connectivity index (χ0n) is 14.8. The summed E-state index contributed by atoms with van der Waals surface area (Å²) < 4.78 is 5.52. The summed E-state index contributed by atoms with van der Waals surface area (Å²) in [6, 6.07) is 4.97. The van der Waals surface area contributed by atoms with Crippen LogP contribution in [-0.2, 0) is 4.74 Å². The minimum absolute atomic E-state index is 0.0657. The largest absolute Gasteiger partial charge is 0.444 e. The number of amides is 1. The van der Waals surface area contributed by atoms with E-state index in [1.807, 2.05) is 25.7 Å². The second-order valence-corrected chi connectivity index (χ2v) is 7.75. The van der Waals surface area contributed by atoms with Gasteiger partial charge in [0.15, 0.2) is 0 Å². The fraction of sp³-hybridized carbons (Fsp3) is 0.588. The molecule has 1 aliphatic carbocycles. The smallest absolute Gasteiger partial charge is 0.410 e. The summed E-state index contributed by atoms with van der Waals surface area (Å²) >= 11 is 0. The van der Waals surface area contributed by atoms with Gasteiger partial charge in [-0.15, -0.1) is 0 Å². The van der Waals surface area contributed by atoms with Crippen LogP contribution in [0.4, 0.5) is 21.9 Å². The first-order valence-electron chi connectivity index (χ1n) is 8.41. The molecule has 1 amide bonds. The molecule has 2 fully saturated rings. The number of anilines is 2. The Balaban J connectivity index is 1.82. The summed E-state index contributed by atoms with van der Waals surface area (Å²) in [6.07, 6.45) is 1.43. The van der Waals surface area contributed by atoms with E-state index in [9.17, 15) is 14.9 Å². The van der Waals surface area contributed by atoms with Gasteiger partial charge in [-0.2, -0.15) is 0 Å².